The first-order chi connectivity index (χ1) is 14.1. The van der Waals surface area contributed by atoms with Crippen molar-refractivity contribution >= 4 is 22.9 Å². The van der Waals surface area contributed by atoms with Crippen LogP contribution in [0.1, 0.15) is 35.6 Å². The lowest BCUT2D eigenvalue weighted by molar-refractivity contribution is -0.113. The van der Waals surface area contributed by atoms with Gasteiger partial charge in [0.1, 0.15) is 5.75 Å². The summed E-state index contributed by atoms with van der Waals surface area (Å²) in [5.74, 6) is 0.739. The van der Waals surface area contributed by atoms with Gasteiger partial charge in [0, 0.05) is 29.4 Å². The number of nitrogens with zero attached hydrogens (tertiary/aromatic N) is 1. The van der Waals surface area contributed by atoms with Gasteiger partial charge in [-0.05, 0) is 41.3 Å². The molecule has 1 saturated heterocycles. The zero-order valence-corrected chi connectivity index (χ0v) is 17.3. The van der Waals surface area contributed by atoms with Crippen LogP contribution in [0.2, 0.25) is 5.02 Å². The molecular formula is C22H22ClNO4S. The minimum Gasteiger partial charge on any atom is -0.431 e. The van der Waals surface area contributed by atoms with Crippen molar-refractivity contribution in [3.8, 4) is 10.9 Å². The first-order valence-corrected chi connectivity index (χ1v) is 10.8. The van der Waals surface area contributed by atoms with E-state index in [0.717, 1.165) is 22.4 Å². The zero-order chi connectivity index (χ0) is 20.2. The second kappa shape index (κ2) is 9.24. The van der Waals surface area contributed by atoms with E-state index in [1.54, 1.807) is 6.20 Å². The van der Waals surface area contributed by atoms with E-state index in [-0.39, 0.29) is 18.8 Å². The highest BCUT2D eigenvalue weighted by molar-refractivity contribution is 7.11. The molecule has 5 nitrogen and oxygen atoms in total. The summed E-state index contributed by atoms with van der Waals surface area (Å²) >= 11 is 7.88. The molecule has 152 valence electrons. The SMILES string of the molecule is OC[C@@H]1C[C@H](O)C[C@H](c2ccc(Cl)c(Cc3ccc(Oc4nccs4)cc3)c2)O1. The van der Waals surface area contributed by atoms with Crippen molar-refractivity contribution in [3.63, 3.8) is 0 Å². The molecule has 0 saturated carbocycles. The van der Waals surface area contributed by atoms with E-state index < -0.39 is 6.10 Å². The number of hydrogen-bond donors (Lipinski definition) is 2. The largest absolute Gasteiger partial charge is 0.431 e. The van der Waals surface area contributed by atoms with Gasteiger partial charge in [-0.2, -0.15) is 0 Å². The lowest BCUT2D eigenvalue weighted by atomic mass is 9.94. The summed E-state index contributed by atoms with van der Waals surface area (Å²) < 4.78 is 11.6. The molecule has 2 heterocycles. The van der Waals surface area contributed by atoms with Crippen molar-refractivity contribution in [2.75, 3.05) is 6.61 Å². The molecule has 3 atom stereocenters. The fraction of sp³-hybridized carbons (Fsp3) is 0.318. The molecule has 0 bridgehead atoms. The van der Waals surface area contributed by atoms with E-state index in [4.69, 9.17) is 21.1 Å². The van der Waals surface area contributed by atoms with E-state index >= 15 is 0 Å². The minimum absolute atomic E-state index is 0.0938. The first kappa shape index (κ1) is 20.3. The molecule has 0 spiro atoms. The number of rotatable bonds is 6. The molecular weight excluding hydrogens is 410 g/mol. The third-order valence-corrected chi connectivity index (χ3v) is 5.97. The summed E-state index contributed by atoms with van der Waals surface area (Å²) in [7, 11) is 0. The van der Waals surface area contributed by atoms with Crippen molar-refractivity contribution in [2.45, 2.75) is 37.6 Å². The molecule has 0 aliphatic carbocycles. The Balaban J connectivity index is 1.48. The standard InChI is InChI=1S/C22H22ClNO4S/c23-20-6-3-15(21-12-17(26)11-19(13-25)27-21)10-16(20)9-14-1-4-18(5-2-14)28-22-24-7-8-29-22/h1-8,10,17,19,21,25-26H,9,11-13H2/t17-,19-,21+/m0/s1. The third-order valence-electron chi connectivity index (χ3n) is 4.96. The number of thiazole rings is 1. The summed E-state index contributed by atoms with van der Waals surface area (Å²) in [6.45, 7) is -0.0938. The number of benzene rings is 2. The fourth-order valence-electron chi connectivity index (χ4n) is 3.51. The molecule has 2 N–H and O–H groups in total. The zero-order valence-electron chi connectivity index (χ0n) is 15.7. The van der Waals surface area contributed by atoms with Crippen LogP contribution in [0.4, 0.5) is 0 Å². The van der Waals surface area contributed by atoms with Crippen molar-refractivity contribution in [3.05, 3.63) is 75.8 Å². The molecule has 2 aromatic carbocycles. The van der Waals surface area contributed by atoms with Gasteiger partial charge in [-0.1, -0.05) is 47.2 Å². The Kier molecular flexibility index (Phi) is 6.47. The number of aromatic nitrogens is 1. The van der Waals surface area contributed by atoms with Crippen molar-refractivity contribution in [2.24, 2.45) is 0 Å². The van der Waals surface area contributed by atoms with Crippen LogP contribution < -0.4 is 4.74 Å². The first-order valence-electron chi connectivity index (χ1n) is 9.49. The molecule has 1 aliphatic heterocycles. The van der Waals surface area contributed by atoms with Crippen LogP contribution >= 0.6 is 22.9 Å². The molecule has 1 aromatic heterocycles. The Bertz CT molecular complexity index is 932. The maximum Gasteiger partial charge on any atom is 0.278 e. The maximum atomic E-state index is 10.1. The predicted octanol–water partition coefficient (Wildman–Crippen LogP) is 4.75. The van der Waals surface area contributed by atoms with E-state index in [1.807, 2.05) is 47.8 Å². The van der Waals surface area contributed by atoms with E-state index in [9.17, 15) is 10.2 Å². The molecule has 0 radical (unpaired) electrons. The quantitative estimate of drug-likeness (QED) is 0.589. The monoisotopic (exact) mass is 431 g/mol. The van der Waals surface area contributed by atoms with Crippen LogP contribution in [0, 0.1) is 0 Å². The maximum absolute atomic E-state index is 10.1. The van der Waals surface area contributed by atoms with Gasteiger partial charge in [0.2, 0.25) is 0 Å². The van der Waals surface area contributed by atoms with E-state index in [2.05, 4.69) is 4.98 Å². The smallest absolute Gasteiger partial charge is 0.278 e. The van der Waals surface area contributed by atoms with Gasteiger partial charge in [-0.3, -0.25) is 0 Å². The Morgan fingerprint density at radius 3 is 2.72 bits per heavy atom. The van der Waals surface area contributed by atoms with Crippen LogP contribution in [0.25, 0.3) is 0 Å². The molecule has 4 rings (SSSR count). The lowest BCUT2D eigenvalue weighted by Gasteiger charge is -2.32. The number of halogens is 1. The van der Waals surface area contributed by atoms with Gasteiger partial charge in [-0.15, -0.1) is 0 Å². The summed E-state index contributed by atoms with van der Waals surface area (Å²) in [4.78, 5) is 4.12. The normalized spacial score (nSPS) is 21.8. The van der Waals surface area contributed by atoms with Crippen LogP contribution in [-0.2, 0) is 11.2 Å². The van der Waals surface area contributed by atoms with Gasteiger partial charge >= 0.3 is 0 Å². The van der Waals surface area contributed by atoms with Gasteiger partial charge < -0.3 is 19.7 Å². The van der Waals surface area contributed by atoms with Gasteiger partial charge in [0.15, 0.2) is 0 Å². The highest BCUT2D eigenvalue weighted by atomic mass is 35.5. The topological polar surface area (TPSA) is 71.8 Å². The van der Waals surface area contributed by atoms with E-state index in [0.29, 0.717) is 29.5 Å². The van der Waals surface area contributed by atoms with Crippen LogP contribution in [0.15, 0.2) is 54.0 Å². The third kappa shape index (κ3) is 5.15. The van der Waals surface area contributed by atoms with Gasteiger partial charge in [0.25, 0.3) is 5.19 Å². The van der Waals surface area contributed by atoms with Crippen LogP contribution in [0.5, 0.6) is 10.9 Å². The van der Waals surface area contributed by atoms with Crippen molar-refractivity contribution < 1.29 is 19.7 Å². The van der Waals surface area contributed by atoms with Crippen LogP contribution in [-0.4, -0.2) is 34.0 Å². The second-order valence-corrected chi connectivity index (χ2v) is 8.39. The van der Waals surface area contributed by atoms with Crippen LogP contribution in [0.3, 0.4) is 0 Å². The summed E-state index contributed by atoms with van der Waals surface area (Å²) in [5.41, 5.74) is 3.06. The summed E-state index contributed by atoms with van der Waals surface area (Å²) in [6, 6.07) is 13.7. The predicted molar refractivity (Wildman–Crippen MR) is 113 cm³/mol. The molecule has 7 heteroatoms. The Morgan fingerprint density at radius 2 is 2.00 bits per heavy atom. The molecule has 3 aromatic rings. The average molecular weight is 432 g/mol. The highest BCUT2D eigenvalue weighted by Crippen LogP contribution is 2.34. The number of ether oxygens (including phenoxy) is 2. The fourth-order valence-corrected chi connectivity index (χ4v) is 4.20. The van der Waals surface area contributed by atoms with Crippen molar-refractivity contribution in [1.82, 2.24) is 4.98 Å². The average Bonchev–Trinajstić information content (AvgIpc) is 3.23. The molecule has 0 unspecified atom stereocenters. The number of aliphatic hydroxyl groups is 2. The van der Waals surface area contributed by atoms with E-state index in [1.165, 1.54) is 11.3 Å². The molecule has 1 fully saturated rings. The number of hydrogen-bond acceptors (Lipinski definition) is 6. The molecule has 0 amide bonds. The van der Waals surface area contributed by atoms with Gasteiger partial charge in [-0.25, -0.2) is 4.98 Å². The summed E-state index contributed by atoms with van der Waals surface area (Å²) in [6.07, 6.45) is 2.29. The Labute approximate surface area is 178 Å². The Morgan fingerprint density at radius 1 is 1.17 bits per heavy atom. The minimum atomic E-state index is -0.476. The second-order valence-electron chi connectivity index (χ2n) is 7.13. The number of aliphatic hydroxyl groups excluding tert-OH is 2. The lowest BCUT2D eigenvalue weighted by Crippen LogP contribution is -2.33. The van der Waals surface area contributed by atoms with Crippen molar-refractivity contribution in [1.29, 1.82) is 0 Å². The summed E-state index contributed by atoms with van der Waals surface area (Å²) in [5, 5.41) is 22.7. The Hall–Kier alpha value is -1.96. The molecule has 1 aliphatic rings. The molecule has 29 heavy (non-hydrogen) atoms. The van der Waals surface area contributed by atoms with Gasteiger partial charge in [0.05, 0.1) is 24.9 Å². The highest BCUT2D eigenvalue weighted by Gasteiger charge is 2.29.